The van der Waals surface area contributed by atoms with Crippen LogP contribution in [0.2, 0.25) is 0 Å². The predicted molar refractivity (Wildman–Crippen MR) is 110 cm³/mol. The Morgan fingerprint density at radius 3 is 2.75 bits per heavy atom. The maximum Gasteiger partial charge on any atom is 0.274 e. The molecule has 2 heterocycles. The molecule has 0 radical (unpaired) electrons. The molecule has 3 aromatic rings. The van der Waals surface area contributed by atoms with Crippen molar-refractivity contribution in [3.8, 4) is 5.75 Å². The average molecular weight is 379 g/mol. The van der Waals surface area contributed by atoms with Gasteiger partial charge in [0.05, 0.1) is 17.6 Å². The van der Waals surface area contributed by atoms with E-state index in [9.17, 15) is 4.79 Å². The van der Waals surface area contributed by atoms with Crippen LogP contribution in [0.25, 0.3) is 11.0 Å². The molecule has 0 saturated carbocycles. The monoisotopic (exact) mass is 379 g/mol. The molecule has 1 aromatic carbocycles. The van der Waals surface area contributed by atoms with Crippen molar-refractivity contribution in [3.63, 3.8) is 0 Å². The number of carbonyl (C=O) groups is 1. The minimum Gasteiger partial charge on any atom is -0.494 e. The highest BCUT2D eigenvalue weighted by Crippen LogP contribution is 2.20. The van der Waals surface area contributed by atoms with E-state index in [0.717, 1.165) is 42.7 Å². The molecule has 6 nitrogen and oxygen atoms in total. The lowest BCUT2D eigenvalue weighted by Gasteiger charge is -2.10. The summed E-state index contributed by atoms with van der Waals surface area (Å²) in [4.78, 5) is 21.4. The van der Waals surface area contributed by atoms with Crippen molar-refractivity contribution in [1.29, 1.82) is 0 Å². The van der Waals surface area contributed by atoms with Crippen LogP contribution in [-0.2, 0) is 4.74 Å². The molecule has 0 fully saturated rings. The van der Waals surface area contributed by atoms with Crippen LogP contribution >= 0.6 is 0 Å². The lowest BCUT2D eigenvalue weighted by atomic mass is 10.1. The molecule has 0 atom stereocenters. The highest BCUT2D eigenvalue weighted by Gasteiger charge is 2.13. The Labute approximate surface area is 164 Å². The molecule has 0 aliphatic heterocycles. The highest BCUT2D eigenvalue weighted by atomic mass is 16.5. The Kier molecular flexibility index (Phi) is 6.92. The molecule has 28 heavy (non-hydrogen) atoms. The topological polar surface area (TPSA) is 73.3 Å². The Balaban J connectivity index is 1.62. The maximum atomic E-state index is 12.7. The zero-order valence-corrected chi connectivity index (χ0v) is 16.3. The number of rotatable bonds is 9. The Morgan fingerprint density at radius 2 is 1.89 bits per heavy atom. The van der Waals surface area contributed by atoms with Gasteiger partial charge in [0, 0.05) is 31.7 Å². The van der Waals surface area contributed by atoms with E-state index in [2.05, 4.69) is 15.3 Å². The van der Waals surface area contributed by atoms with E-state index in [0.29, 0.717) is 23.5 Å². The van der Waals surface area contributed by atoms with E-state index in [1.807, 2.05) is 49.4 Å². The second kappa shape index (κ2) is 9.80. The number of unbranched alkanes of at least 4 members (excludes halogenated alkanes) is 2. The zero-order chi connectivity index (χ0) is 19.8. The Hall–Kier alpha value is -2.99. The van der Waals surface area contributed by atoms with Gasteiger partial charge in [-0.1, -0.05) is 6.07 Å². The van der Waals surface area contributed by atoms with Crippen molar-refractivity contribution < 1.29 is 14.3 Å². The fourth-order valence-electron chi connectivity index (χ4n) is 2.90. The van der Waals surface area contributed by atoms with Gasteiger partial charge in [0.25, 0.3) is 5.91 Å². The van der Waals surface area contributed by atoms with Crippen LogP contribution in [0.15, 0.2) is 48.7 Å². The fraction of sp³-hybridized carbons (Fsp3) is 0.318. The number of benzene rings is 1. The molecule has 3 rings (SSSR count). The number of pyridine rings is 2. The summed E-state index contributed by atoms with van der Waals surface area (Å²) in [7, 11) is 1.71. The van der Waals surface area contributed by atoms with Crippen molar-refractivity contribution in [2.45, 2.75) is 26.2 Å². The number of ether oxygens (including phenoxy) is 2. The second-order valence-electron chi connectivity index (χ2n) is 6.58. The van der Waals surface area contributed by atoms with Gasteiger partial charge >= 0.3 is 0 Å². The molecule has 0 bridgehead atoms. The van der Waals surface area contributed by atoms with Gasteiger partial charge in [-0.15, -0.1) is 0 Å². The van der Waals surface area contributed by atoms with Gasteiger partial charge in [-0.05, 0) is 62.1 Å². The molecule has 0 aliphatic rings. The number of fused-ring (bicyclic) bond motifs is 1. The van der Waals surface area contributed by atoms with Crippen LogP contribution in [0.5, 0.6) is 5.75 Å². The smallest absolute Gasteiger partial charge is 0.274 e. The Bertz CT molecular complexity index is 943. The van der Waals surface area contributed by atoms with Crippen LogP contribution in [-0.4, -0.2) is 36.2 Å². The number of aryl methyl sites for hydroxylation is 1. The van der Waals surface area contributed by atoms with Gasteiger partial charge in [-0.2, -0.15) is 0 Å². The first-order chi connectivity index (χ1) is 13.7. The van der Waals surface area contributed by atoms with E-state index < -0.39 is 0 Å². The summed E-state index contributed by atoms with van der Waals surface area (Å²) in [6.07, 6.45) is 4.77. The van der Waals surface area contributed by atoms with Crippen LogP contribution < -0.4 is 10.1 Å². The minimum atomic E-state index is -0.250. The quantitative estimate of drug-likeness (QED) is 0.558. The normalized spacial score (nSPS) is 10.8. The number of hydrogen-bond acceptors (Lipinski definition) is 5. The number of anilines is 1. The van der Waals surface area contributed by atoms with Crippen molar-refractivity contribution in [3.05, 3.63) is 59.9 Å². The van der Waals surface area contributed by atoms with Crippen LogP contribution in [0.1, 0.15) is 35.3 Å². The van der Waals surface area contributed by atoms with E-state index >= 15 is 0 Å². The van der Waals surface area contributed by atoms with E-state index in [4.69, 9.17) is 9.47 Å². The van der Waals surface area contributed by atoms with Crippen molar-refractivity contribution >= 4 is 22.6 Å². The van der Waals surface area contributed by atoms with Gasteiger partial charge < -0.3 is 14.8 Å². The number of nitrogens with zero attached hydrogens (tertiary/aromatic N) is 2. The standard InChI is InChI=1S/C22H25N3O3/c1-16-14-20-19(10-7-11-23-20)25-21(16)22(26)24-17-8-6-9-18(15-17)28-13-5-3-4-12-27-2/h6-11,14-15H,3-5,12-13H2,1-2H3,(H,24,26). The van der Waals surface area contributed by atoms with Gasteiger partial charge in [0.1, 0.15) is 11.4 Å². The molecule has 0 spiro atoms. The van der Waals surface area contributed by atoms with Crippen LogP contribution in [0, 0.1) is 6.92 Å². The molecule has 0 unspecified atom stereocenters. The van der Waals surface area contributed by atoms with Crippen LogP contribution in [0.4, 0.5) is 5.69 Å². The number of hydrogen-bond donors (Lipinski definition) is 1. The van der Waals surface area contributed by atoms with E-state index in [1.54, 1.807) is 13.3 Å². The number of carbonyl (C=O) groups excluding carboxylic acids is 1. The number of aromatic nitrogens is 2. The van der Waals surface area contributed by atoms with Gasteiger partial charge in [-0.3, -0.25) is 9.78 Å². The number of methoxy groups -OCH3 is 1. The first-order valence-corrected chi connectivity index (χ1v) is 9.43. The summed E-state index contributed by atoms with van der Waals surface area (Å²) >= 11 is 0. The maximum absolute atomic E-state index is 12.7. The van der Waals surface area contributed by atoms with Gasteiger partial charge in [0.15, 0.2) is 0 Å². The van der Waals surface area contributed by atoms with Crippen LogP contribution in [0.3, 0.4) is 0 Å². The zero-order valence-electron chi connectivity index (χ0n) is 16.3. The van der Waals surface area contributed by atoms with E-state index in [1.165, 1.54) is 0 Å². The molecule has 1 amide bonds. The van der Waals surface area contributed by atoms with E-state index in [-0.39, 0.29) is 5.91 Å². The van der Waals surface area contributed by atoms with Gasteiger partial charge in [-0.25, -0.2) is 4.98 Å². The van der Waals surface area contributed by atoms with Crippen molar-refractivity contribution in [1.82, 2.24) is 9.97 Å². The number of amides is 1. The SMILES string of the molecule is COCCCCCOc1cccc(NC(=O)c2nc3cccnc3cc2C)c1. The summed E-state index contributed by atoms with van der Waals surface area (Å²) in [5.74, 6) is 0.483. The van der Waals surface area contributed by atoms with Gasteiger partial charge in [0.2, 0.25) is 0 Å². The minimum absolute atomic E-state index is 0.250. The first kappa shape index (κ1) is 19.8. The first-order valence-electron chi connectivity index (χ1n) is 9.43. The largest absolute Gasteiger partial charge is 0.494 e. The third-order valence-electron chi connectivity index (χ3n) is 4.34. The molecular formula is C22H25N3O3. The third kappa shape index (κ3) is 5.27. The molecule has 6 heteroatoms. The van der Waals surface area contributed by atoms with Crippen molar-refractivity contribution in [2.75, 3.05) is 25.6 Å². The fourth-order valence-corrected chi connectivity index (χ4v) is 2.90. The second-order valence-corrected chi connectivity index (χ2v) is 6.58. The predicted octanol–water partition coefficient (Wildman–Crippen LogP) is 4.39. The molecule has 0 aliphatic carbocycles. The molecular weight excluding hydrogens is 354 g/mol. The summed E-state index contributed by atoms with van der Waals surface area (Å²) < 4.78 is 10.8. The molecule has 0 saturated heterocycles. The summed E-state index contributed by atoms with van der Waals surface area (Å²) in [6.45, 7) is 3.28. The summed E-state index contributed by atoms with van der Waals surface area (Å²) in [5.41, 5.74) is 3.33. The summed E-state index contributed by atoms with van der Waals surface area (Å²) in [6, 6.07) is 12.9. The third-order valence-corrected chi connectivity index (χ3v) is 4.34. The number of nitrogens with one attached hydrogen (secondary N) is 1. The lowest BCUT2D eigenvalue weighted by molar-refractivity contribution is 0.102. The lowest BCUT2D eigenvalue weighted by Crippen LogP contribution is -2.15. The molecule has 2 aromatic heterocycles. The summed E-state index contributed by atoms with van der Waals surface area (Å²) in [5, 5.41) is 2.90. The average Bonchev–Trinajstić information content (AvgIpc) is 2.70. The highest BCUT2D eigenvalue weighted by molar-refractivity contribution is 6.05. The van der Waals surface area contributed by atoms with Crippen molar-refractivity contribution in [2.24, 2.45) is 0 Å². The Morgan fingerprint density at radius 1 is 1.04 bits per heavy atom. The molecule has 146 valence electrons. The molecule has 1 N–H and O–H groups in total.